The van der Waals surface area contributed by atoms with Gasteiger partial charge in [-0.25, -0.2) is 0 Å². The fraction of sp³-hybridized carbons (Fsp3) is 0.923. The minimum absolute atomic E-state index is 0. The number of nitrogens with one attached hydrogen (secondary N) is 1. The van der Waals surface area contributed by atoms with E-state index in [0.29, 0.717) is 18.2 Å². The molecule has 0 aliphatic rings. The first-order valence-corrected chi connectivity index (χ1v) is 7.74. The Bertz CT molecular complexity index is 213. The molecule has 0 radical (unpaired) electrons. The Kier molecular flexibility index (Phi) is 12.4. The molecule has 0 atom stereocenters. The van der Waals surface area contributed by atoms with Gasteiger partial charge in [-0.05, 0) is 30.9 Å². The molecule has 0 aromatic heterocycles. The van der Waals surface area contributed by atoms with Crippen molar-refractivity contribution in [1.82, 2.24) is 5.32 Å². The second-order valence-corrected chi connectivity index (χ2v) is 6.08. The molecule has 5 heteroatoms. The molecule has 0 bridgehead atoms. The average Bonchev–Trinajstić information content (AvgIpc) is 2.32. The van der Waals surface area contributed by atoms with E-state index in [-0.39, 0.29) is 23.9 Å². The average molecular weight is 297 g/mol. The third-order valence-electron chi connectivity index (χ3n) is 3.22. The van der Waals surface area contributed by atoms with Crippen molar-refractivity contribution < 1.29 is 4.79 Å². The third kappa shape index (κ3) is 8.22. The van der Waals surface area contributed by atoms with Crippen LogP contribution in [0.5, 0.6) is 0 Å². The van der Waals surface area contributed by atoms with Crippen LogP contribution in [-0.4, -0.2) is 29.5 Å². The zero-order chi connectivity index (χ0) is 13.3. The zero-order valence-corrected chi connectivity index (χ0v) is 13.8. The summed E-state index contributed by atoms with van der Waals surface area (Å²) in [7, 11) is 0. The van der Waals surface area contributed by atoms with Gasteiger partial charge in [-0.2, -0.15) is 11.8 Å². The van der Waals surface area contributed by atoms with Crippen LogP contribution in [0.25, 0.3) is 0 Å². The molecule has 0 aromatic rings. The number of carbonyl (C=O) groups excluding carboxylic acids is 1. The van der Waals surface area contributed by atoms with E-state index in [1.54, 1.807) is 11.8 Å². The highest BCUT2D eigenvalue weighted by atomic mass is 35.5. The number of hydrogen-bond acceptors (Lipinski definition) is 3. The number of thioether (sulfide) groups is 1. The lowest BCUT2D eigenvalue weighted by molar-refractivity contribution is -0.120. The first kappa shape index (κ1) is 20.4. The summed E-state index contributed by atoms with van der Waals surface area (Å²) < 4.78 is 0. The predicted octanol–water partition coefficient (Wildman–Crippen LogP) is 2.82. The minimum atomic E-state index is -0.199. The molecule has 0 unspecified atom stereocenters. The molecule has 1 amide bonds. The van der Waals surface area contributed by atoms with Crippen molar-refractivity contribution in [2.75, 3.05) is 18.1 Å². The summed E-state index contributed by atoms with van der Waals surface area (Å²) in [6.07, 6.45) is 2.95. The Hall–Kier alpha value is 0.0700. The fourth-order valence-electron chi connectivity index (χ4n) is 1.58. The van der Waals surface area contributed by atoms with Crippen molar-refractivity contribution in [3.63, 3.8) is 0 Å². The molecule has 0 saturated carbocycles. The first-order chi connectivity index (χ1) is 7.99. The van der Waals surface area contributed by atoms with E-state index in [9.17, 15) is 4.79 Å². The largest absolute Gasteiger partial charge is 0.349 e. The van der Waals surface area contributed by atoms with Gasteiger partial charge in [0.25, 0.3) is 0 Å². The van der Waals surface area contributed by atoms with Crippen LogP contribution >= 0.6 is 24.2 Å². The van der Waals surface area contributed by atoms with Crippen LogP contribution in [-0.2, 0) is 4.79 Å². The predicted molar refractivity (Wildman–Crippen MR) is 84.5 cm³/mol. The van der Waals surface area contributed by atoms with Gasteiger partial charge in [0.2, 0.25) is 5.91 Å². The van der Waals surface area contributed by atoms with Crippen LogP contribution < -0.4 is 11.1 Å². The highest BCUT2D eigenvalue weighted by molar-refractivity contribution is 7.99. The maximum absolute atomic E-state index is 11.8. The van der Waals surface area contributed by atoms with Gasteiger partial charge in [0.05, 0.1) is 11.3 Å². The standard InChI is InChI=1S/C13H28N2OS.ClH/c1-5-13(6-2,10-14)15-12(16)9-17-8-7-11(3)4;/h11H,5-10,14H2,1-4H3,(H,15,16);1H. The van der Waals surface area contributed by atoms with Crippen LogP contribution in [0.2, 0.25) is 0 Å². The van der Waals surface area contributed by atoms with Crippen molar-refractivity contribution in [2.24, 2.45) is 11.7 Å². The van der Waals surface area contributed by atoms with E-state index < -0.39 is 0 Å². The summed E-state index contributed by atoms with van der Waals surface area (Å²) in [5.41, 5.74) is 5.55. The van der Waals surface area contributed by atoms with E-state index >= 15 is 0 Å². The summed E-state index contributed by atoms with van der Waals surface area (Å²) in [6.45, 7) is 9.07. The topological polar surface area (TPSA) is 55.1 Å². The fourth-order valence-corrected chi connectivity index (χ4v) is 2.62. The molecule has 0 aromatic carbocycles. The van der Waals surface area contributed by atoms with Crippen LogP contribution in [0.15, 0.2) is 0 Å². The third-order valence-corrected chi connectivity index (χ3v) is 4.21. The second-order valence-electron chi connectivity index (χ2n) is 4.97. The molecule has 0 aliphatic carbocycles. The number of amides is 1. The molecule has 18 heavy (non-hydrogen) atoms. The SMILES string of the molecule is CCC(CC)(CN)NC(=O)CSCCC(C)C.Cl. The second kappa shape index (κ2) is 10.9. The van der Waals surface area contributed by atoms with Crippen LogP contribution in [0, 0.1) is 5.92 Å². The molecular formula is C13H29ClN2OS. The maximum Gasteiger partial charge on any atom is 0.230 e. The lowest BCUT2D eigenvalue weighted by Gasteiger charge is -2.31. The smallest absolute Gasteiger partial charge is 0.230 e. The van der Waals surface area contributed by atoms with Gasteiger partial charge in [0.1, 0.15) is 0 Å². The summed E-state index contributed by atoms with van der Waals surface area (Å²) >= 11 is 1.71. The molecule has 0 rings (SSSR count). The molecule has 0 fully saturated rings. The molecule has 0 heterocycles. The molecule has 0 saturated heterocycles. The van der Waals surface area contributed by atoms with Gasteiger partial charge in [0, 0.05) is 6.54 Å². The molecule has 110 valence electrons. The van der Waals surface area contributed by atoms with Gasteiger partial charge in [-0.15, -0.1) is 12.4 Å². The first-order valence-electron chi connectivity index (χ1n) is 6.58. The zero-order valence-electron chi connectivity index (χ0n) is 12.1. The number of rotatable bonds is 9. The quantitative estimate of drug-likeness (QED) is 0.643. The number of nitrogens with two attached hydrogens (primary N) is 1. The van der Waals surface area contributed by atoms with Crippen molar-refractivity contribution in [3.05, 3.63) is 0 Å². The van der Waals surface area contributed by atoms with E-state index in [2.05, 4.69) is 33.0 Å². The van der Waals surface area contributed by atoms with Gasteiger partial charge in [-0.1, -0.05) is 27.7 Å². The Labute approximate surface area is 122 Å². The van der Waals surface area contributed by atoms with E-state index in [4.69, 9.17) is 5.73 Å². The number of halogens is 1. The Morgan fingerprint density at radius 2 is 1.89 bits per heavy atom. The summed E-state index contributed by atoms with van der Waals surface area (Å²) in [6, 6.07) is 0. The van der Waals surface area contributed by atoms with E-state index in [0.717, 1.165) is 18.6 Å². The van der Waals surface area contributed by atoms with Gasteiger partial charge < -0.3 is 11.1 Å². The van der Waals surface area contributed by atoms with Crippen molar-refractivity contribution in [3.8, 4) is 0 Å². The van der Waals surface area contributed by atoms with E-state index in [1.165, 1.54) is 6.42 Å². The monoisotopic (exact) mass is 296 g/mol. The lowest BCUT2D eigenvalue weighted by atomic mass is 9.93. The normalized spacial score (nSPS) is 11.2. The molecule has 0 spiro atoms. The summed E-state index contributed by atoms with van der Waals surface area (Å²) in [4.78, 5) is 11.8. The molecule has 3 N–H and O–H groups in total. The highest BCUT2D eigenvalue weighted by Crippen LogP contribution is 2.14. The number of carbonyl (C=O) groups is 1. The van der Waals surface area contributed by atoms with Gasteiger partial charge in [-0.3, -0.25) is 4.79 Å². The Morgan fingerprint density at radius 1 is 1.33 bits per heavy atom. The van der Waals surface area contributed by atoms with Gasteiger partial charge >= 0.3 is 0 Å². The Balaban J connectivity index is 0. The molecule has 0 aliphatic heterocycles. The summed E-state index contributed by atoms with van der Waals surface area (Å²) in [5.74, 6) is 2.43. The number of hydrogen-bond donors (Lipinski definition) is 2. The Morgan fingerprint density at radius 3 is 2.28 bits per heavy atom. The summed E-state index contributed by atoms with van der Waals surface area (Å²) in [5, 5.41) is 3.08. The van der Waals surface area contributed by atoms with Gasteiger partial charge in [0.15, 0.2) is 0 Å². The van der Waals surface area contributed by atoms with Crippen molar-refractivity contribution >= 4 is 30.1 Å². The lowest BCUT2D eigenvalue weighted by Crippen LogP contribution is -2.53. The minimum Gasteiger partial charge on any atom is -0.349 e. The van der Waals surface area contributed by atoms with Crippen LogP contribution in [0.4, 0.5) is 0 Å². The van der Waals surface area contributed by atoms with E-state index in [1.807, 2.05) is 0 Å². The van der Waals surface area contributed by atoms with Crippen LogP contribution in [0.1, 0.15) is 47.0 Å². The van der Waals surface area contributed by atoms with Crippen molar-refractivity contribution in [2.45, 2.75) is 52.5 Å². The van der Waals surface area contributed by atoms with Crippen LogP contribution in [0.3, 0.4) is 0 Å². The molecular weight excluding hydrogens is 268 g/mol. The highest BCUT2D eigenvalue weighted by Gasteiger charge is 2.25. The molecule has 3 nitrogen and oxygen atoms in total. The maximum atomic E-state index is 11.8. The van der Waals surface area contributed by atoms with Crippen molar-refractivity contribution in [1.29, 1.82) is 0 Å².